The Labute approximate surface area is 176 Å². The molecule has 0 bridgehead atoms. The first-order valence-electron chi connectivity index (χ1n) is 10.0. The predicted molar refractivity (Wildman–Crippen MR) is 118 cm³/mol. The molecule has 3 aliphatic rings. The van der Waals surface area contributed by atoms with Gasteiger partial charge < -0.3 is 4.90 Å². The van der Waals surface area contributed by atoms with E-state index in [1.807, 2.05) is 30.3 Å². The summed E-state index contributed by atoms with van der Waals surface area (Å²) in [5.74, 6) is 0. The number of benzene rings is 2. The lowest BCUT2D eigenvalue weighted by Crippen LogP contribution is -2.51. The molecule has 0 spiro atoms. The second-order valence-corrected chi connectivity index (χ2v) is 8.22. The van der Waals surface area contributed by atoms with Crippen molar-refractivity contribution in [1.82, 2.24) is 20.3 Å². The molecule has 29 heavy (non-hydrogen) atoms. The number of rotatable bonds is 3. The molecule has 1 N–H and O–H groups in total. The number of nitrogens with one attached hydrogen (secondary N) is 1. The van der Waals surface area contributed by atoms with Gasteiger partial charge >= 0.3 is 0 Å². The molecule has 0 radical (unpaired) electrons. The van der Waals surface area contributed by atoms with Crippen molar-refractivity contribution in [3.05, 3.63) is 76.6 Å². The number of hydrazine groups is 2. The van der Waals surface area contributed by atoms with Gasteiger partial charge in [0.25, 0.3) is 0 Å². The molecule has 0 aliphatic carbocycles. The maximum absolute atomic E-state index is 6.37. The van der Waals surface area contributed by atoms with Gasteiger partial charge in [0, 0.05) is 48.5 Å². The van der Waals surface area contributed by atoms with E-state index >= 15 is 0 Å². The average Bonchev–Trinajstić information content (AvgIpc) is 3.07. The minimum absolute atomic E-state index is 0.614. The Bertz CT molecular complexity index is 949. The van der Waals surface area contributed by atoms with Crippen molar-refractivity contribution in [2.24, 2.45) is 4.99 Å². The molecule has 150 valence electrons. The monoisotopic (exact) mass is 408 g/mol. The molecule has 3 heterocycles. The first kappa shape index (κ1) is 18.6. The summed E-state index contributed by atoms with van der Waals surface area (Å²) in [5.41, 5.74) is 8.87. The fourth-order valence-corrected chi connectivity index (χ4v) is 4.21. The van der Waals surface area contributed by atoms with Gasteiger partial charge in [0.1, 0.15) is 0 Å². The highest BCUT2D eigenvalue weighted by Gasteiger charge is 2.29. The highest BCUT2D eigenvalue weighted by molar-refractivity contribution is 6.31. The Morgan fingerprint density at radius 1 is 1.03 bits per heavy atom. The van der Waals surface area contributed by atoms with Crippen molar-refractivity contribution in [1.29, 1.82) is 0 Å². The third-order valence-corrected chi connectivity index (χ3v) is 5.90. The Balaban J connectivity index is 1.44. The summed E-state index contributed by atoms with van der Waals surface area (Å²) in [7, 11) is 2.18. The zero-order valence-electron chi connectivity index (χ0n) is 16.6. The second kappa shape index (κ2) is 7.80. The molecule has 7 heteroatoms. The van der Waals surface area contributed by atoms with Crippen molar-refractivity contribution in [2.75, 3.05) is 51.4 Å². The lowest BCUT2D eigenvalue weighted by atomic mass is 10.0. The molecule has 0 aromatic heterocycles. The summed E-state index contributed by atoms with van der Waals surface area (Å²) in [6.45, 7) is 5.86. The van der Waals surface area contributed by atoms with Gasteiger partial charge in [-0.1, -0.05) is 41.9 Å². The topological polar surface area (TPSA) is 37.4 Å². The van der Waals surface area contributed by atoms with Gasteiger partial charge in [0.15, 0.2) is 0 Å². The molecule has 0 saturated carbocycles. The maximum atomic E-state index is 6.37. The van der Waals surface area contributed by atoms with Crippen LogP contribution in [0.3, 0.4) is 0 Å². The third-order valence-electron chi connectivity index (χ3n) is 5.67. The number of fused-ring (bicyclic) bond motifs is 3. The number of anilines is 1. The van der Waals surface area contributed by atoms with E-state index < -0.39 is 0 Å². The van der Waals surface area contributed by atoms with Crippen LogP contribution in [0, 0.1) is 0 Å². The first-order chi connectivity index (χ1) is 14.2. The fraction of sp³-hybridized carbons (Fsp3) is 0.318. The molecule has 2 aromatic carbocycles. The van der Waals surface area contributed by atoms with Crippen molar-refractivity contribution in [2.45, 2.75) is 0 Å². The van der Waals surface area contributed by atoms with Gasteiger partial charge in [0.05, 0.1) is 30.3 Å². The van der Waals surface area contributed by atoms with Gasteiger partial charge in [-0.3, -0.25) is 19.9 Å². The molecule has 0 atom stereocenters. The Hall–Kier alpha value is -2.38. The van der Waals surface area contributed by atoms with E-state index in [2.05, 4.69) is 56.8 Å². The van der Waals surface area contributed by atoms with Crippen LogP contribution in [0.15, 0.2) is 65.4 Å². The van der Waals surface area contributed by atoms with E-state index in [-0.39, 0.29) is 0 Å². The standard InChI is InChI=1S/C22H25ClN6/c1-26-9-11-27(12-10-26)16-28-15-19-14-24-22(17-5-3-2-4-6-17)20-13-18(23)7-8-21(20)29(19)25-28/h2-8,13,15,25H,9-12,14,16H2,1H3. The SMILES string of the molecule is CN1CCN(CN2C=C3CN=C(c4ccccc4)c4cc(Cl)ccc4N3N2)CC1. The molecule has 0 amide bonds. The summed E-state index contributed by atoms with van der Waals surface area (Å²) in [6.07, 6.45) is 2.17. The van der Waals surface area contributed by atoms with Crippen LogP contribution < -0.4 is 10.5 Å². The third kappa shape index (κ3) is 3.76. The quantitative estimate of drug-likeness (QED) is 0.845. The van der Waals surface area contributed by atoms with Gasteiger partial charge in [-0.2, -0.15) is 0 Å². The van der Waals surface area contributed by atoms with E-state index in [0.717, 1.165) is 61.1 Å². The fourth-order valence-electron chi connectivity index (χ4n) is 4.04. The van der Waals surface area contributed by atoms with Crippen LogP contribution in [0.2, 0.25) is 5.02 Å². The van der Waals surface area contributed by atoms with Crippen LogP contribution in [0.5, 0.6) is 0 Å². The van der Waals surface area contributed by atoms with E-state index in [9.17, 15) is 0 Å². The molecule has 0 unspecified atom stereocenters. The second-order valence-electron chi connectivity index (χ2n) is 7.78. The Kier molecular flexibility index (Phi) is 5.01. The molecule has 1 fully saturated rings. The summed E-state index contributed by atoms with van der Waals surface area (Å²) in [4.78, 5) is 9.82. The Morgan fingerprint density at radius 3 is 2.62 bits per heavy atom. The van der Waals surface area contributed by atoms with Gasteiger partial charge in [-0.05, 0) is 25.2 Å². The Morgan fingerprint density at radius 2 is 1.83 bits per heavy atom. The maximum Gasteiger partial charge on any atom is 0.0876 e. The predicted octanol–water partition coefficient (Wildman–Crippen LogP) is 2.78. The van der Waals surface area contributed by atoms with Gasteiger partial charge in [-0.15, -0.1) is 5.53 Å². The van der Waals surface area contributed by atoms with Crippen LogP contribution in [0.4, 0.5) is 5.69 Å². The normalized spacial score (nSPS) is 20.1. The van der Waals surface area contributed by atoms with Crippen LogP contribution in [-0.2, 0) is 0 Å². The summed E-state index contributed by atoms with van der Waals surface area (Å²) in [6, 6.07) is 16.3. The van der Waals surface area contributed by atoms with Crippen molar-refractivity contribution < 1.29 is 0 Å². The molecule has 2 aromatic rings. The number of hydrogen-bond donors (Lipinski definition) is 1. The largest absolute Gasteiger partial charge is 0.304 e. The lowest BCUT2D eigenvalue weighted by Gasteiger charge is -2.35. The van der Waals surface area contributed by atoms with Crippen LogP contribution in [-0.4, -0.2) is 67.0 Å². The van der Waals surface area contributed by atoms with Crippen LogP contribution in [0.25, 0.3) is 0 Å². The number of hydrogen-bond acceptors (Lipinski definition) is 6. The summed E-state index contributed by atoms with van der Waals surface area (Å²) >= 11 is 6.37. The summed E-state index contributed by atoms with van der Waals surface area (Å²) < 4.78 is 0. The minimum Gasteiger partial charge on any atom is -0.304 e. The van der Waals surface area contributed by atoms with Crippen molar-refractivity contribution >= 4 is 23.0 Å². The molecular weight excluding hydrogens is 384 g/mol. The number of nitrogens with zero attached hydrogens (tertiary/aromatic N) is 5. The molecule has 1 saturated heterocycles. The number of piperazine rings is 1. The van der Waals surface area contributed by atoms with Gasteiger partial charge in [-0.25, -0.2) is 0 Å². The smallest absolute Gasteiger partial charge is 0.0876 e. The van der Waals surface area contributed by atoms with Crippen molar-refractivity contribution in [3.63, 3.8) is 0 Å². The van der Waals surface area contributed by atoms with E-state index in [1.165, 1.54) is 0 Å². The molecule has 3 aliphatic heterocycles. The lowest BCUT2D eigenvalue weighted by molar-refractivity contribution is 0.0889. The molecule has 5 rings (SSSR count). The van der Waals surface area contributed by atoms with Gasteiger partial charge in [0.2, 0.25) is 0 Å². The van der Waals surface area contributed by atoms with E-state index in [4.69, 9.17) is 16.6 Å². The van der Waals surface area contributed by atoms with E-state index in [0.29, 0.717) is 11.6 Å². The summed E-state index contributed by atoms with van der Waals surface area (Å²) in [5, 5.41) is 5.01. The molecular formula is C22H25ClN6. The number of halogens is 1. The zero-order chi connectivity index (χ0) is 19.8. The van der Waals surface area contributed by atoms with Crippen molar-refractivity contribution in [3.8, 4) is 0 Å². The highest BCUT2D eigenvalue weighted by atomic mass is 35.5. The molecule has 6 nitrogen and oxygen atoms in total. The first-order valence-corrected chi connectivity index (χ1v) is 10.4. The average molecular weight is 409 g/mol. The van der Waals surface area contributed by atoms with Crippen LogP contribution in [0.1, 0.15) is 11.1 Å². The number of likely N-dealkylation sites (N-methyl/N-ethyl adjacent to an activating group) is 1. The highest BCUT2D eigenvalue weighted by Crippen LogP contribution is 2.33. The number of aliphatic imine (C=N–C) groups is 1. The zero-order valence-corrected chi connectivity index (χ0v) is 17.3. The van der Waals surface area contributed by atoms with Crippen LogP contribution >= 0.6 is 11.6 Å². The van der Waals surface area contributed by atoms with E-state index in [1.54, 1.807) is 0 Å². The minimum atomic E-state index is 0.614.